The molecule has 14 heavy (non-hydrogen) atoms. The van der Waals surface area contributed by atoms with Gasteiger partial charge in [0.05, 0.1) is 12.1 Å². The van der Waals surface area contributed by atoms with Gasteiger partial charge >= 0.3 is 0 Å². The Kier molecular flexibility index (Phi) is 2.31. The van der Waals surface area contributed by atoms with Gasteiger partial charge in [-0.25, -0.2) is 0 Å². The molecule has 0 amide bonds. The van der Waals surface area contributed by atoms with Gasteiger partial charge in [-0.1, -0.05) is 0 Å². The zero-order valence-corrected chi connectivity index (χ0v) is 8.51. The van der Waals surface area contributed by atoms with Crippen molar-refractivity contribution in [2.24, 2.45) is 0 Å². The van der Waals surface area contributed by atoms with Gasteiger partial charge < -0.3 is 9.63 Å². The van der Waals surface area contributed by atoms with Crippen molar-refractivity contribution in [2.45, 2.75) is 45.2 Å². The van der Waals surface area contributed by atoms with Gasteiger partial charge in [0.2, 0.25) is 0 Å². The molecular formula is C9H15N3O2. The van der Waals surface area contributed by atoms with Gasteiger partial charge in [0, 0.05) is 4.79 Å². The van der Waals surface area contributed by atoms with Crippen molar-refractivity contribution in [1.82, 2.24) is 5.27 Å². The molecule has 1 aromatic rings. The molecule has 1 fully saturated rings. The van der Waals surface area contributed by atoms with E-state index in [1.54, 1.807) is 0 Å². The molecule has 0 radical (unpaired) electrons. The minimum Gasteiger partial charge on any atom is -0.539 e. The van der Waals surface area contributed by atoms with Crippen LogP contribution in [0.2, 0.25) is 0 Å². The Bertz CT molecular complexity index is 303. The molecule has 78 valence electrons. The van der Waals surface area contributed by atoms with E-state index in [0.717, 1.165) is 12.8 Å². The van der Waals surface area contributed by atoms with Gasteiger partial charge in [-0.05, 0) is 33.1 Å². The van der Waals surface area contributed by atoms with Crippen LogP contribution in [-0.2, 0) is 0 Å². The standard InChI is InChI=1S/C9H15N3O2/c1-7-4-3-5-8(2)12(7)11-6-9(13)14-10-11/h6-8H,3-5H2,1-2H3/t7-,8+. The zero-order chi connectivity index (χ0) is 10.1. The number of hydrogen-bond donors (Lipinski definition) is 0. The maximum Gasteiger partial charge on any atom is 0.255 e. The highest BCUT2D eigenvalue weighted by Crippen LogP contribution is 2.18. The van der Waals surface area contributed by atoms with Gasteiger partial charge in [0.1, 0.15) is 5.27 Å². The SMILES string of the molecule is C[C@@H]1CCC[C@H](C)N1[n+]1cc([O-])on1. The second-order valence-electron chi connectivity index (χ2n) is 3.95. The van der Waals surface area contributed by atoms with E-state index in [9.17, 15) is 5.11 Å². The lowest BCUT2D eigenvalue weighted by Gasteiger charge is -2.31. The van der Waals surface area contributed by atoms with E-state index in [4.69, 9.17) is 0 Å². The Balaban J connectivity index is 2.22. The molecule has 0 spiro atoms. The molecule has 1 aromatic heterocycles. The van der Waals surface area contributed by atoms with Crippen LogP contribution in [0.5, 0.6) is 5.95 Å². The van der Waals surface area contributed by atoms with Gasteiger partial charge in [0.15, 0.2) is 5.95 Å². The Morgan fingerprint density at radius 2 is 2.14 bits per heavy atom. The van der Waals surface area contributed by atoms with Gasteiger partial charge in [0.25, 0.3) is 6.20 Å². The first-order valence-electron chi connectivity index (χ1n) is 5.03. The molecule has 1 aliphatic rings. The van der Waals surface area contributed by atoms with Crippen LogP contribution in [0, 0.1) is 0 Å². The van der Waals surface area contributed by atoms with Crippen molar-refractivity contribution in [3.63, 3.8) is 0 Å². The summed E-state index contributed by atoms with van der Waals surface area (Å²) < 4.78 is 4.53. The van der Waals surface area contributed by atoms with Crippen molar-refractivity contribution in [1.29, 1.82) is 0 Å². The van der Waals surface area contributed by atoms with E-state index >= 15 is 0 Å². The molecule has 5 heteroatoms. The fourth-order valence-electron chi connectivity index (χ4n) is 2.14. The Labute approximate surface area is 82.9 Å². The number of piperidine rings is 1. The fraction of sp³-hybridized carbons (Fsp3) is 0.778. The quantitative estimate of drug-likeness (QED) is 0.592. The van der Waals surface area contributed by atoms with E-state index in [0.29, 0.717) is 12.1 Å². The molecule has 0 unspecified atom stereocenters. The van der Waals surface area contributed by atoms with Crippen molar-refractivity contribution >= 4 is 0 Å². The molecule has 2 atom stereocenters. The first-order valence-corrected chi connectivity index (χ1v) is 5.03. The summed E-state index contributed by atoms with van der Waals surface area (Å²) in [7, 11) is 0. The number of rotatable bonds is 1. The van der Waals surface area contributed by atoms with Crippen molar-refractivity contribution < 1.29 is 14.4 Å². The molecule has 0 N–H and O–H groups in total. The lowest BCUT2D eigenvalue weighted by atomic mass is 10.00. The third kappa shape index (κ3) is 1.54. The Morgan fingerprint density at radius 3 is 2.64 bits per heavy atom. The highest BCUT2D eigenvalue weighted by molar-refractivity contribution is 4.92. The molecular weight excluding hydrogens is 182 g/mol. The maximum atomic E-state index is 10.9. The normalized spacial score (nSPS) is 28.0. The van der Waals surface area contributed by atoms with E-state index in [1.165, 1.54) is 17.4 Å². The van der Waals surface area contributed by atoms with E-state index in [1.807, 2.05) is 0 Å². The smallest absolute Gasteiger partial charge is 0.255 e. The van der Waals surface area contributed by atoms with Gasteiger partial charge in [-0.15, -0.1) is 5.01 Å². The largest absolute Gasteiger partial charge is 0.539 e. The van der Waals surface area contributed by atoms with E-state index in [2.05, 4.69) is 28.7 Å². The van der Waals surface area contributed by atoms with Crippen molar-refractivity contribution in [3.8, 4) is 5.95 Å². The number of nitrogens with zero attached hydrogens (tertiary/aromatic N) is 3. The first-order chi connectivity index (χ1) is 6.68. The molecule has 0 aromatic carbocycles. The predicted octanol–water partition coefficient (Wildman–Crippen LogP) is -0.0654. The summed E-state index contributed by atoms with van der Waals surface area (Å²) in [5.74, 6) is -0.394. The summed E-state index contributed by atoms with van der Waals surface area (Å²) in [6.45, 7) is 4.28. The highest BCUT2D eigenvalue weighted by atomic mass is 16.6. The van der Waals surface area contributed by atoms with Crippen LogP contribution in [0.15, 0.2) is 10.7 Å². The molecule has 1 saturated heterocycles. The summed E-state index contributed by atoms with van der Waals surface area (Å²) in [4.78, 5) is 1.54. The van der Waals surface area contributed by atoms with Crippen LogP contribution in [-0.4, -0.2) is 17.4 Å². The van der Waals surface area contributed by atoms with Gasteiger partial charge in [-0.2, -0.15) is 0 Å². The second kappa shape index (κ2) is 3.48. The molecule has 0 saturated carbocycles. The Morgan fingerprint density at radius 1 is 1.50 bits per heavy atom. The van der Waals surface area contributed by atoms with Crippen LogP contribution >= 0.6 is 0 Å². The van der Waals surface area contributed by atoms with Gasteiger partial charge in [-0.3, -0.25) is 0 Å². The molecule has 2 rings (SSSR count). The highest BCUT2D eigenvalue weighted by Gasteiger charge is 2.32. The summed E-state index contributed by atoms with van der Waals surface area (Å²) in [6.07, 6.45) is 4.90. The summed E-state index contributed by atoms with van der Waals surface area (Å²) in [5.41, 5.74) is 0. The molecule has 1 aliphatic heterocycles. The fourth-order valence-corrected chi connectivity index (χ4v) is 2.14. The summed E-state index contributed by atoms with van der Waals surface area (Å²) in [5, 5.41) is 16.7. The maximum absolute atomic E-state index is 10.9. The third-order valence-corrected chi connectivity index (χ3v) is 2.82. The summed E-state index contributed by atoms with van der Waals surface area (Å²) >= 11 is 0. The van der Waals surface area contributed by atoms with Crippen molar-refractivity contribution in [3.05, 3.63) is 6.20 Å². The minimum atomic E-state index is -0.394. The molecule has 0 bridgehead atoms. The first kappa shape index (κ1) is 9.30. The number of aromatic nitrogens is 2. The topological polar surface area (TPSA) is 56.2 Å². The molecule has 0 aliphatic carbocycles. The average Bonchev–Trinajstić information content (AvgIpc) is 2.51. The monoisotopic (exact) mass is 197 g/mol. The average molecular weight is 197 g/mol. The van der Waals surface area contributed by atoms with Crippen LogP contribution in [0.25, 0.3) is 0 Å². The molecule has 5 nitrogen and oxygen atoms in total. The third-order valence-electron chi connectivity index (χ3n) is 2.82. The van der Waals surface area contributed by atoms with Crippen LogP contribution in [0.3, 0.4) is 0 Å². The predicted molar refractivity (Wildman–Crippen MR) is 47.1 cm³/mol. The lowest BCUT2D eigenvalue weighted by Crippen LogP contribution is -2.67. The van der Waals surface area contributed by atoms with Crippen LogP contribution in [0.1, 0.15) is 33.1 Å². The van der Waals surface area contributed by atoms with E-state index < -0.39 is 5.95 Å². The number of hydrogen-bond acceptors (Lipinski definition) is 4. The zero-order valence-electron chi connectivity index (χ0n) is 8.51. The second-order valence-corrected chi connectivity index (χ2v) is 3.95. The van der Waals surface area contributed by atoms with Crippen molar-refractivity contribution in [2.75, 3.05) is 5.01 Å². The van der Waals surface area contributed by atoms with Crippen LogP contribution in [0.4, 0.5) is 0 Å². The van der Waals surface area contributed by atoms with Crippen LogP contribution < -0.4 is 14.9 Å². The minimum absolute atomic E-state index is 0.394. The summed E-state index contributed by atoms with van der Waals surface area (Å²) in [6, 6.07) is 0.821. The Hall–Kier alpha value is -1.26. The lowest BCUT2D eigenvalue weighted by molar-refractivity contribution is -0.766. The molecule has 2 heterocycles. The van der Waals surface area contributed by atoms with E-state index in [-0.39, 0.29) is 0 Å².